The van der Waals surface area contributed by atoms with Gasteiger partial charge in [-0.2, -0.15) is 0 Å². The van der Waals surface area contributed by atoms with Gasteiger partial charge in [-0.05, 0) is 92.4 Å². The normalized spacial score (nSPS) is 49.0. The van der Waals surface area contributed by atoms with Crippen LogP contribution < -0.4 is 0 Å². The number of carbonyl (C=O) groups excluding carboxylic acids is 1. The van der Waals surface area contributed by atoms with E-state index in [4.69, 9.17) is 4.74 Å². The maximum absolute atomic E-state index is 11.9. The van der Waals surface area contributed by atoms with Crippen LogP contribution in [0.5, 0.6) is 0 Å². The first-order chi connectivity index (χ1) is 11.4. The summed E-state index contributed by atoms with van der Waals surface area (Å²) in [5.74, 6) is 3.64. The minimum Gasteiger partial charge on any atom is -0.381 e. The topological polar surface area (TPSA) is 26.3 Å². The molecule has 4 aliphatic carbocycles. The van der Waals surface area contributed by atoms with Gasteiger partial charge in [0.2, 0.25) is 0 Å². The van der Waals surface area contributed by atoms with Crippen LogP contribution in [0.3, 0.4) is 0 Å². The van der Waals surface area contributed by atoms with Gasteiger partial charge in [0, 0.05) is 13.5 Å². The summed E-state index contributed by atoms with van der Waals surface area (Å²) in [6.45, 7) is 7.33. The second kappa shape index (κ2) is 5.69. The van der Waals surface area contributed by atoms with Gasteiger partial charge in [-0.3, -0.25) is 4.79 Å². The molecule has 0 radical (unpaired) electrons. The number of carbonyl (C=O) groups is 1. The molecule has 0 aromatic rings. The van der Waals surface area contributed by atoms with Crippen LogP contribution in [0.4, 0.5) is 0 Å². The molecular formula is C22H34O2. The molecule has 2 nitrogen and oxygen atoms in total. The third-order valence-electron chi connectivity index (χ3n) is 8.97. The zero-order valence-corrected chi connectivity index (χ0v) is 15.9. The van der Waals surface area contributed by atoms with Crippen molar-refractivity contribution in [3.8, 4) is 0 Å². The summed E-state index contributed by atoms with van der Waals surface area (Å²) in [7, 11) is 1.88. The minimum atomic E-state index is 0.309. The predicted molar refractivity (Wildman–Crippen MR) is 96.7 cm³/mol. The second-order valence-electron chi connectivity index (χ2n) is 9.64. The molecule has 0 aromatic carbocycles. The SMILES string of the molecule is CO[C@@H](C)[C@H]1CC[C@H]2[C@@H]3CCC4=CC(=O)CC[C@]4(C)[C@H]3CC[C@]12C. The van der Waals surface area contributed by atoms with Crippen LogP contribution in [0.25, 0.3) is 0 Å². The van der Waals surface area contributed by atoms with Crippen molar-refractivity contribution in [2.45, 2.75) is 78.2 Å². The summed E-state index contributed by atoms with van der Waals surface area (Å²) in [5.41, 5.74) is 2.27. The van der Waals surface area contributed by atoms with Crippen LogP contribution in [-0.2, 0) is 9.53 Å². The van der Waals surface area contributed by atoms with E-state index in [9.17, 15) is 4.79 Å². The number of allylic oxidation sites excluding steroid dienone is 1. The van der Waals surface area contributed by atoms with E-state index in [1.165, 1.54) is 44.1 Å². The first-order valence-electron chi connectivity index (χ1n) is 10.2. The molecule has 2 heteroatoms. The summed E-state index contributed by atoms with van der Waals surface area (Å²) in [5, 5.41) is 0. The lowest BCUT2D eigenvalue weighted by molar-refractivity contribution is -0.118. The van der Waals surface area contributed by atoms with E-state index in [1.807, 2.05) is 13.2 Å². The summed E-state index contributed by atoms with van der Waals surface area (Å²) >= 11 is 0. The highest BCUT2D eigenvalue weighted by molar-refractivity contribution is 5.91. The Morgan fingerprint density at radius 1 is 1.08 bits per heavy atom. The van der Waals surface area contributed by atoms with Gasteiger partial charge in [0.05, 0.1) is 6.10 Å². The number of fused-ring (bicyclic) bond motifs is 5. The van der Waals surface area contributed by atoms with Crippen LogP contribution >= 0.6 is 0 Å². The first-order valence-corrected chi connectivity index (χ1v) is 10.2. The molecular weight excluding hydrogens is 296 g/mol. The monoisotopic (exact) mass is 330 g/mol. The molecule has 4 aliphatic rings. The van der Waals surface area contributed by atoms with Gasteiger partial charge in [-0.15, -0.1) is 0 Å². The number of rotatable bonds is 2. The Hall–Kier alpha value is -0.630. The number of hydrogen-bond acceptors (Lipinski definition) is 2. The molecule has 0 spiro atoms. The largest absolute Gasteiger partial charge is 0.381 e. The molecule has 7 atom stereocenters. The summed E-state index contributed by atoms with van der Waals surface area (Å²) < 4.78 is 5.76. The molecule has 3 fully saturated rings. The Bertz CT molecular complexity index is 564. The lowest BCUT2D eigenvalue weighted by Crippen LogP contribution is -2.51. The van der Waals surface area contributed by atoms with Crippen LogP contribution in [-0.4, -0.2) is 19.0 Å². The van der Waals surface area contributed by atoms with Crippen molar-refractivity contribution in [1.29, 1.82) is 0 Å². The maximum Gasteiger partial charge on any atom is 0.155 e. The Kier molecular flexibility index (Phi) is 3.99. The van der Waals surface area contributed by atoms with E-state index in [0.717, 1.165) is 36.5 Å². The standard InChI is InChI=1S/C22H34O2/c1-14(24-4)18-7-8-19-17-6-5-15-13-16(23)9-11-21(15,2)20(17)10-12-22(18,19)3/h13-14,17-20H,5-12H2,1-4H3/t14-,17-,18+,19-,20-,21-,22+/m0/s1. The van der Waals surface area contributed by atoms with E-state index < -0.39 is 0 Å². The van der Waals surface area contributed by atoms with Gasteiger partial charge in [0.1, 0.15) is 0 Å². The second-order valence-corrected chi connectivity index (χ2v) is 9.64. The fraction of sp³-hybridized carbons (Fsp3) is 0.864. The van der Waals surface area contributed by atoms with Crippen molar-refractivity contribution in [1.82, 2.24) is 0 Å². The van der Waals surface area contributed by atoms with Crippen molar-refractivity contribution in [2.24, 2.45) is 34.5 Å². The van der Waals surface area contributed by atoms with Crippen LogP contribution in [0.2, 0.25) is 0 Å². The Balaban J connectivity index is 1.63. The minimum absolute atomic E-state index is 0.309. The van der Waals surface area contributed by atoms with Crippen molar-refractivity contribution < 1.29 is 9.53 Å². The zero-order valence-electron chi connectivity index (χ0n) is 15.9. The third-order valence-corrected chi connectivity index (χ3v) is 8.97. The molecule has 3 saturated carbocycles. The molecule has 134 valence electrons. The Morgan fingerprint density at radius 2 is 1.88 bits per heavy atom. The van der Waals surface area contributed by atoms with Gasteiger partial charge in [0.25, 0.3) is 0 Å². The Morgan fingerprint density at radius 3 is 2.62 bits per heavy atom. The average molecular weight is 331 g/mol. The van der Waals surface area contributed by atoms with Crippen molar-refractivity contribution in [3.05, 3.63) is 11.6 Å². The molecule has 4 rings (SSSR count). The number of methoxy groups -OCH3 is 1. The fourth-order valence-corrected chi connectivity index (χ4v) is 7.54. The molecule has 0 heterocycles. The van der Waals surface area contributed by atoms with Crippen molar-refractivity contribution in [3.63, 3.8) is 0 Å². The van der Waals surface area contributed by atoms with Gasteiger partial charge < -0.3 is 4.74 Å². The summed E-state index contributed by atoms with van der Waals surface area (Å²) in [6.07, 6.45) is 12.2. The highest BCUT2D eigenvalue weighted by atomic mass is 16.5. The van der Waals surface area contributed by atoms with E-state index in [1.54, 1.807) is 0 Å². The molecule has 0 aromatic heterocycles. The smallest absolute Gasteiger partial charge is 0.155 e. The number of hydrogen-bond donors (Lipinski definition) is 0. The van der Waals surface area contributed by atoms with E-state index in [2.05, 4.69) is 20.8 Å². The highest BCUT2D eigenvalue weighted by Gasteiger charge is 2.59. The highest BCUT2D eigenvalue weighted by Crippen LogP contribution is 2.67. The lowest BCUT2D eigenvalue weighted by atomic mass is 9.46. The van der Waals surface area contributed by atoms with Gasteiger partial charge in [-0.1, -0.05) is 19.4 Å². The fourth-order valence-electron chi connectivity index (χ4n) is 7.54. The van der Waals surface area contributed by atoms with E-state index in [0.29, 0.717) is 22.7 Å². The zero-order chi connectivity index (χ0) is 17.1. The third kappa shape index (κ3) is 2.21. The Labute approximate surface area is 147 Å². The van der Waals surface area contributed by atoms with Gasteiger partial charge >= 0.3 is 0 Å². The molecule has 24 heavy (non-hydrogen) atoms. The van der Waals surface area contributed by atoms with Crippen molar-refractivity contribution in [2.75, 3.05) is 7.11 Å². The quantitative estimate of drug-likeness (QED) is 0.698. The molecule has 0 N–H and O–H groups in total. The van der Waals surface area contributed by atoms with Crippen LogP contribution in [0.1, 0.15) is 72.1 Å². The van der Waals surface area contributed by atoms with Gasteiger partial charge in [-0.25, -0.2) is 0 Å². The van der Waals surface area contributed by atoms with E-state index in [-0.39, 0.29) is 0 Å². The summed E-state index contributed by atoms with van der Waals surface area (Å²) in [4.78, 5) is 11.9. The average Bonchev–Trinajstić information content (AvgIpc) is 2.92. The summed E-state index contributed by atoms with van der Waals surface area (Å²) in [6, 6.07) is 0. The lowest BCUT2D eigenvalue weighted by Gasteiger charge is -2.58. The van der Waals surface area contributed by atoms with E-state index >= 15 is 0 Å². The maximum atomic E-state index is 11.9. The number of ether oxygens (including phenoxy) is 1. The van der Waals surface area contributed by atoms with Crippen molar-refractivity contribution >= 4 is 5.78 Å². The first kappa shape index (κ1) is 16.8. The van der Waals surface area contributed by atoms with Gasteiger partial charge in [0.15, 0.2) is 5.78 Å². The van der Waals surface area contributed by atoms with Crippen LogP contribution in [0.15, 0.2) is 11.6 Å². The molecule has 0 aliphatic heterocycles. The predicted octanol–water partition coefficient (Wildman–Crippen LogP) is 5.17. The number of ketones is 1. The molecule has 0 unspecified atom stereocenters. The molecule has 0 saturated heterocycles. The molecule has 0 bridgehead atoms. The molecule has 0 amide bonds. The van der Waals surface area contributed by atoms with Crippen LogP contribution in [0, 0.1) is 34.5 Å².